The van der Waals surface area contributed by atoms with Crippen LogP contribution in [0.2, 0.25) is 0 Å². The number of nitrogens with zero attached hydrogens (tertiary/aromatic N) is 2. The number of aromatic nitrogens is 2. The van der Waals surface area contributed by atoms with Gasteiger partial charge in [0, 0.05) is 5.69 Å². The van der Waals surface area contributed by atoms with E-state index in [-0.39, 0.29) is 12.3 Å². The summed E-state index contributed by atoms with van der Waals surface area (Å²) in [5.41, 5.74) is 3.02. The molecule has 3 rings (SSSR count). The third kappa shape index (κ3) is 3.48. The summed E-state index contributed by atoms with van der Waals surface area (Å²) in [5.74, 6) is 0.623. The van der Waals surface area contributed by atoms with Gasteiger partial charge in [-0.3, -0.25) is 4.79 Å². The lowest BCUT2D eigenvalue weighted by Crippen LogP contribution is -2.15. The van der Waals surface area contributed by atoms with Crippen LogP contribution in [0.1, 0.15) is 23.9 Å². The van der Waals surface area contributed by atoms with Crippen LogP contribution in [0.25, 0.3) is 10.8 Å². The van der Waals surface area contributed by atoms with Gasteiger partial charge in [0.2, 0.25) is 11.8 Å². The average molecular weight is 327 g/mol. The van der Waals surface area contributed by atoms with Crippen molar-refractivity contribution < 1.29 is 9.21 Å². The molecule has 0 fully saturated rings. The molecule has 118 valence electrons. The molecule has 0 unspecified atom stereocenters. The summed E-state index contributed by atoms with van der Waals surface area (Å²) in [6.07, 6.45) is 0.925. The Morgan fingerprint density at radius 1 is 1.26 bits per heavy atom. The van der Waals surface area contributed by atoms with Gasteiger partial charge in [-0.15, -0.1) is 21.5 Å². The van der Waals surface area contributed by atoms with Crippen molar-refractivity contribution in [3.05, 3.63) is 52.7 Å². The number of anilines is 1. The van der Waals surface area contributed by atoms with Gasteiger partial charge in [0.1, 0.15) is 6.42 Å². The zero-order valence-electron chi connectivity index (χ0n) is 13.0. The molecule has 0 aliphatic heterocycles. The Hall–Kier alpha value is -2.47. The van der Waals surface area contributed by atoms with Gasteiger partial charge in [-0.25, -0.2) is 0 Å². The molecule has 1 amide bonds. The summed E-state index contributed by atoms with van der Waals surface area (Å²) < 4.78 is 5.60. The number of thiophene rings is 1. The van der Waals surface area contributed by atoms with Gasteiger partial charge in [0.05, 0.1) is 4.88 Å². The topological polar surface area (TPSA) is 68.0 Å². The maximum Gasteiger partial charge on any atom is 0.258 e. The van der Waals surface area contributed by atoms with Gasteiger partial charge in [0.25, 0.3) is 5.89 Å². The maximum absolute atomic E-state index is 12.2. The predicted octanol–water partition coefficient (Wildman–Crippen LogP) is 3.85. The van der Waals surface area contributed by atoms with E-state index in [1.54, 1.807) is 11.3 Å². The number of benzene rings is 1. The average Bonchev–Trinajstić information content (AvgIpc) is 3.16. The Morgan fingerprint density at radius 3 is 2.83 bits per heavy atom. The van der Waals surface area contributed by atoms with E-state index < -0.39 is 0 Å². The molecule has 0 spiro atoms. The largest absolute Gasteiger partial charge is 0.419 e. The predicted molar refractivity (Wildman–Crippen MR) is 90.5 cm³/mol. The molecule has 0 aliphatic carbocycles. The first-order chi connectivity index (χ1) is 11.2. The van der Waals surface area contributed by atoms with Crippen LogP contribution in [0.15, 0.2) is 40.1 Å². The summed E-state index contributed by atoms with van der Waals surface area (Å²) >= 11 is 1.55. The van der Waals surface area contributed by atoms with Gasteiger partial charge in [-0.1, -0.05) is 25.1 Å². The second kappa shape index (κ2) is 6.75. The molecule has 0 radical (unpaired) electrons. The lowest BCUT2D eigenvalue weighted by atomic mass is 10.1. The molecule has 5 nitrogen and oxygen atoms in total. The number of amides is 1. The number of hydrogen-bond acceptors (Lipinski definition) is 5. The molecule has 2 aromatic heterocycles. The van der Waals surface area contributed by atoms with Crippen LogP contribution < -0.4 is 5.32 Å². The normalized spacial score (nSPS) is 10.7. The molecule has 6 heteroatoms. The van der Waals surface area contributed by atoms with Crippen molar-refractivity contribution in [3.8, 4) is 10.8 Å². The fraction of sp³-hybridized carbons (Fsp3) is 0.235. The van der Waals surface area contributed by atoms with E-state index in [1.165, 1.54) is 0 Å². The molecule has 2 heterocycles. The Labute approximate surface area is 138 Å². The highest BCUT2D eigenvalue weighted by Gasteiger charge is 2.15. The highest BCUT2D eigenvalue weighted by atomic mass is 32.1. The number of para-hydroxylation sites is 1. The summed E-state index contributed by atoms with van der Waals surface area (Å²) in [5, 5.41) is 12.9. The zero-order valence-corrected chi connectivity index (χ0v) is 13.8. The van der Waals surface area contributed by atoms with Crippen molar-refractivity contribution in [3.63, 3.8) is 0 Å². The molecule has 1 N–H and O–H groups in total. The molecular formula is C17H17N3O2S. The summed E-state index contributed by atoms with van der Waals surface area (Å²) in [7, 11) is 0. The lowest BCUT2D eigenvalue weighted by Gasteiger charge is -2.08. The molecule has 3 aromatic rings. The minimum atomic E-state index is -0.163. The van der Waals surface area contributed by atoms with E-state index in [2.05, 4.69) is 22.4 Å². The van der Waals surface area contributed by atoms with Gasteiger partial charge in [-0.05, 0) is 42.0 Å². The molecule has 23 heavy (non-hydrogen) atoms. The fourth-order valence-corrected chi connectivity index (χ4v) is 3.14. The van der Waals surface area contributed by atoms with E-state index in [4.69, 9.17) is 4.42 Å². The van der Waals surface area contributed by atoms with Crippen molar-refractivity contribution in [1.82, 2.24) is 10.2 Å². The number of nitrogens with one attached hydrogen (secondary N) is 1. The van der Waals surface area contributed by atoms with Crippen molar-refractivity contribution >= 4 is 22.9 Å². The molecule has 0 atom stereocenters. The zero-order chi connectivity index (χ0) is 16.2. The maximum atomic E-state index is 12.2. The quantitative estimate of drug-likeness (QED) is 0.773. The second-order valence-corrected chi connectivity index (χ2v) is 6.09. The third-order valence-electron chi connectivity index (χ3n) is 3.51. The van der Waals surface area contributed by atoms with E-state index in [0.29, 0.717) is 11.8 Å². The molecule has 0 saturated carbocycles. The molecule has 0 bridgehead atoms. The first kappa shape index (κ1) is 15.4. The Kier molecular flexibility index (Phi) is 4.52. The number of carbonyl (C=O) groups is 1. The lowest BCUT2D eigenvalue weighted by molar-refractivity contribution is -0.115. The summed E-state index contributed by atoms with van der Waals surface area (Å²) in [6.45, 7) is 4.04. The van der Waals surface area contributed by atoms with E-state index in [9.17, 15) is 4.79 Å². The van der Waals surface area contributed by atoms with Gasteiger partial charge in [-0.2, -0.15) is 0 Å². The smallest absolute Gasteiger partial charge is 0.258 e. The Morgan fingerprint density at radius 2 is 2.09 bits per heavy atom. The van der Waals surface area contributed by atoms with Crippen molar-refractivity contribution in [2.45, 2.75) is 26.7 Å². The van der Waals surface area contributed by atoms with Crippen molar-refractivity contribution in [2.75, 3.05) is 5.32 Å². The number of carbonyl (C=O) groups excluding carboxylic acids is 1. The minimum Gasteiger partial charge on any atom is -0.419 e. The number of hydrogen-bond donors (Lipinski definition) is 1. The monoisotopic (exact) mass is 327 g/mol. The number of aryl methyl sites for hydroxylation is 2. The SMILES string of the molecule is CCc1ccccc1NC(=O)Cc1nnc(-c2sccc2C)o1. The van der Waals surface area contributed by atoms with Crippen molar-refractivity contribution in [2.24, 2.45) is 0 Å². The highest BCUT2D eigenvalue weighted by Crippen LogP contribution is 2.27. The van der Waals surface area contributed by atoms with Gasteiger partial charge in [0.15, 0.2) is 0 Å². The standard InChI is InChI=1S/C17H17N3O2S/c1-3-12-6-4-5-7-13(12)18-14(21)10-15-19-20-17(22-15)16-11(2)8-9-23-16/h4-9H,3,10H2,1-2H3,(H,18,21). The minimum absolute atomic E-state index is 0.0650. The van der Waals surface area contributed by atoms with Crippen molar-refractivity contribution in [1.29, 1.82) is 0 Å². The molecule has 0 aliphatic rings. The van der Waals surface area contributed by atoms with Crippen LogP contribution in [0, 0.1) is 6.92 Å². The summed E-state index contributed by atoms with van der Waals surface area (Å²) in [6, 6.07) is 9.75. The molecule has 0 saturated heterocycles. The van der Waals surface area contributed by atoms with Crippen LogP contribution in [0.3, 0.4) is 0 Å². The van der Waals surface area contributed by atoms with Gasteiger partial charge >= 0.3 is 0 Å². The Bertz CT molecular complexity index is 823. The highest BCUT2D eigenvalue weighted by molar-refractivity contribution is 7.13. The van der Waals surface area contributed by atoms with Gasteiger partial charge < -0.3 is 9.73 Å². The van der Waals surface area contributed by atoms with Crippen LogP contribution in [-0.4, -0.2) is 16.1 Å². The Balaban J connectivity index is 1.69. The van der Waals surface area contributed by atoms with Crippen LogP contribution in [0.5, 0.6) is 0 Å². The van der Waals surface area contributed by atoms with Crippen LogP contribution >= 0.6 is 11.3 Å². The molecular weight excluding hydrogens is 310 g/mol. The first-order valence-corrected chi connectivity index (χ1v) is 8.30. The summed E-state index contributed by atoms with van der Waals surface area (Å²) in [4.78, 5) is 13.1. The number of rotatable bonds is 5. The van der Waals surface area contributed by atoms with Crippen LogP contribution in [-0.2, 0) is 17.6 Å². The fourth-order valence-electron chi connectivity index (χ4n) is 2.29. The van der Waals surface area contributed by atoms with E-state index in [0.717, 1.165) is 28.1 Å². The van der Waals surface area contributed by atoms with Crippen LogP contribution in [0.4, 0.5) is 5.69 Å². The third-order valence-corrected chi connectivity index (χ3v) is 4.51. The second-order valence-electron chi connectivity index (χ2n) is 5.17. The van der Waals surface area contributed by atoms with E-state index in [1.807, 2.05) is 42.6 Å². The van der Waals surface area contributed by atoms with E-state index >= 15 is 0 Å². The molecule has 1 aromatic carbocycles. The first-order valence-electron chi connectivity index (χ1n) is 7.42.